The Bertz CT molecular complexity index is 1590. The Balaban J connectivity index is 1.84. The second kappa shape index (κ2) is 12.1. The van der Waals surface area contributed by atoms with Crippen LogP contribution in [0.2, 0.25) is 0 Å². The van der Waals surface area contributed by atoms with Crippen LogP contribution in [0.4, 0.5) is 13.2 Å². The number of hydrogen-bond acceptors (Lipinski definition) is 9. The van der Waals surface area contributed by atoms with Gasteiger partial charge in [0.2, 0.25) is 5.28 Å². The van der Waals surface area contributed by atoms with Gasteiger partial charge in [-0.25, -0.2) is 17.8 Å². The van der Waals surface area contributed by atoms with Crippen molar-refractivity contribution in [2.24, 2.45) is 5.28 Å². The van der Waals surface area contributed by atoms with Crippen molar-refractivity contribution in [2.45, 2.75) is 44.3 Å². The van der Waals surface area contributed by atoms with Gasteiger partial charge in [0.15, 0.2) is 11.2 Å². The first kappa shape index (κ1) is 31.9. The number of alkyl halides is 3. The number of aryl methyl sites for hydroxylation is 1. The molecule has 0 spiro atoms. The number of carbonyl (C=O) groups excluding carboxylic acids is 2. The standard InChI is InChI=1S/C25H27F3N6O7S/c1-16-6-8-18(9-7-16)21-14-22(25(26,27)28)29-33(21)19-10-12-20(13-11-19)42(38,39)30-23(36)24(3,4)32(5)34(37)31-41-15-40-17(2)35/h6-14H,15H2,1-5H3,(H,30,36). The molecule has 0 fully saturated rings. The lowest BCUT2D eigenvalue weighted by Crippen LogP contribution is -2.56. The van der Waals surface area contributed by atoms with E-state index in [0.29, 0.717) is 5.56 Å². The van der Waals surface area contributed by atoms with E-state index in [1.165, 1.54) is 26.0 Å². The highest BCUT2D eigenvalue weighted by Gasteiger charge is 2.41. The van der Waals surface area contributed by atoms with Gasteiger partial charge in [0.25, 0.3) is 22.7 Å². The van der Waals surface area contributed by atoms with Crippen molar-refractivity contribution >= 4 is 21.9 Å². The minimum absolute atomic E-state index is 0.125. The molecule has 0 saturated heterocycles. The van der Waals surface area contributed by atoms with Crippen molar-refractivity contribution < 1.29 is 45.7 Å². The van der Waals surface area contributed by atoms with Gasteiger partial charge in [0, 0.05) is 12.5 Å². The van der Waals surface area contributed by atoms with Crippen LogP contribution in [0.5, 0.6) is 0 Å². The molecular formula is C25H27F3N6O7S. The third-order valence-corrected chi connectivity index (χ3v) is 7.38. The van der Waals surface area contributed by atoms with Gasteiger partial charge in [-0.3, -0.25) is 9.59 Å². The van der Waals surface area contributed by atoms with E-state index in [2.05, 4.69) is 20.0 Å². The topological polar surface area (TPSA) is 158 Å². The number of amides is 1. The number of rotatable bonds is 10. The van der Waals surface area contributed by atoms with Gasteiger partial charge in [-0.1, -0.05) is 29.8 Å². The molecule has 226 valence electrons. The normalized spacial score (nSPS) is 12.5. The number of sulfonamides is 1. The molecule has 1 amide bonds. The number of ether oxygens (including phenoxy) is 1. The fourth-order valence-electron chi connectivity index (χ4n) is 3.32. The molecule has 1 heterocycles. The zero-order valence-corrected chi connectivity index (χ0v) is 23.9. The molecule has 0 atom stereocenters. The summed E-state index contributed by atoms with van der Waals surface area (Å²) in [5, 5.41) is 19.7. The molecule has 0 bridgehead atoms. The number of nitrogens with one attached hydrogen (secondary N) is 1. The monoisotopic (exact) mass is 612 g/mol. The zero-order chi connectivity index (χ0) is 31.5. The van der Waals surface area contributed by atoms with Crippen molar-refractivity contribution in [1.82, 2.24) is 19.5 Å². The van der Waals surface area contributed by atoms with Crippen LogP contribution in [0.15, 0.2) is 64.8 Å². The van der Waals surface area contributed by atoms with Gasteiger partial charge < -0.3 is 14.8 Å². The fourth-order valence-corrected chi connectivity index (χ4v) is 4.42. The van der Waals surface area contributed by atoms with E-state index in [1.807, 2.05) is 11.6 Å². The second-order valence-electron chi connectivity index (χ2n) is 9.42. The Hall–Kier alpha value is -4.67. The van der Waals surface area contributed by atoms with E-state index in [0.717, 1.165) is 47.4 Å². The van der Waals surface area contributed by atoms with Gasteiger partial charge in [-0.15, -0.1) is 5.01 Å². The maximum Gasteiger partial charge on any atom is 0.435 e. The van der Waals surface area contributed by atoms with Crippen molar-refractivity contribution in [3.8, 4) is 16.9 Å². The Morgan fingerprint density at radius 3 is 2.26 bits per heavy atom. The van der Waals surface area contributed by atoms with Gasteiger partial charge in [0.1, 0.15) is 0 Å². The number of hydrazine groups is 1. The molecule has 0 aliphatic rings. The van der Waals surface area contributed by atoms with Crippen molar-refractivity contribution in [3.05, 3.63) is 71.1 Å². The van der Waals surface area contributed by atoms with Crippen LogP contribution < -0.4 is 4.72 Å². The Morgan fingerprint density at radius 2 is 1.71 bits per heavy atom. The van der Waals surface area contributed by atoms with Crippen LogP contribution in [-0.2, 0) is 35.4 Å². The lowest BCUT2D eigenvalue weighted by Gasteiger charge is -2.29. The second-order valence-corrected chi connectivity index (χ2v) is 11.1. The fraction of sp³-hybridized carbons (Fsp3) is 0.320. The predicted molar refractivity (Wildman–Crippen MR) is 140 cm³/mol. The first-order chi connectivity index (χ1) is 19.4. The number of benzene rings is 2. The summed E-state index contributed by atoms with van der Waals surface area (Å²) in [5.41, 5.74) is -1.31. The maximum absolute atomic E-state index is 13.5. The maximum atomic E-state index is 13.5. The highest BCUT2D eigenvalue weighted by Crippen LogP contribution is 2.33. The molecule has 0 radical (unpaired) electrons. The SMILES string of the molecule is CC(=O)OCON=[N+]([O-])N(C)C(C)(C)C(=O)NS(=O)(=O)c1ccc(-n2nc(C(F)(F)F)cc2-c2ccc(C)cc2)cc1. The van der Waals surface area contributed by atoms with E-state index >= 15 is 0 Å². The molecule has 0 unspecified atom stereocenters. The summed E-state index contributed by atoms with van der Waals surface area (Å²) in [7, 11) is -3.36. The first-order valence-electron chi connectivity index (χ1n) is 12.0. The molecule has 0 aliphatic heterocycles. The summed E-state index contributed by atoms with van der Waals surface area (Å²) in [4.78, 5) is 27.6. The van der Waals surface area contributed by atoms with Gasteiger partial charge in [-0.05, 0) is 51.1 Å². The Kier molecular flexibility index (Phi) is 9.14. The van der Waals surface area contributed by atoms with Crippen molar-refractivity contribution in [2.75, 3.05) is 13.8 Å². The predicted octanol–water partition coefficient (Wildman–Crippen LogP) is 3.71. The molecule has 3 aromatic rings. The van der Waals surface area contributed by atoms with Crippen molar-refractivity contribution in [1.29, 1.82) is 0 Å². The number of nitrogens with zero attached hydrogens (tertiary/aromatic N) is 5. The molecule has 0 aliphatic carbocycles. The number of halogens is 3. The van der Waals surface area contributed by atoms with E-state index < -0.39 is 46.1 Å². The molecule has 0 saturated carbocycles. The largest absolute Gasteiger partial charge is 0.569 e. The lowest BCUT2D eigenvalue weighted by molar-refractivity contribution is -0.717. The average Bonchev–Trinajstić information content (AvgIpc) is 3.37. The zero-order valence-electron chi connectivity index (χ0n) is 23.0. The van der Waals surface area contributed by atoms with Crippen LogP contribution in [0.3, 0.4) is 0 Å². The summed E-state index contributed by atoms with van der Waals surface area (Å²) < 4.78 is 73.7. The summed E-state index contributed by atoms with van der Waals surface area (Å²) in [5.74, 6) is -1.80. The quantitative estimate of drug-likeness (QED) is 0.0900. The number of hydrogen-bond donors (Lipinski definition) is 1. The number of aromatic nitrogens is 2. The van der Waals surface area contributed by atoms with Crippen molar-refractivity contribution in [3.63, 3.8) is 0 Å². The Morgan fingerprint density at radius 1 is 1.12 bits per heavy atom. The van der Waals surface area contributed by atoms with Gasteiger partial charge >= 0.3 is 12.1 Å². The van der Waals surface area contributed by atoms with Crippen LogP contribution in [-0.4, -0.2) is 59.4 Å². The number of carbonyl (C=O) groups is 2. The third-order valence-electron chi connectivity index (χ3n) is 6.03. The number of likely N-dealkylation sites (N-methyl/N-ethyl adjacent to an activating group) is 1. The van der Waals surface area contributed by atoms with Gasteiger partial charge in [0.05, 0.1) is 28.3 Å². The number of esters is 1. The molecular weight excluding hydrogens is 585 g/mol. The minimum Gasteiger partial charge on any atom is -0.569 e. The highest BCUT2D eigenvalue weighted by atomic mass is 32.2. The van der Waals surface area contributed by atoms with Crippen LogP contribution in [0.1, 0.15) is 32.0 Å². The Labute approximate surface area is 238 Å². The summed E-state index contributed by atoms with van der Waals surface area (Å²) in [6, 6.07) is 12.3. The van der Waals surface area contributed by atoms with Crippen LogP contribution in [0, 0.1) is 12.1 Å². The smallest absolute Gasteiger partial charge is 0.435 e. The molecule has 3 rings (SSSR count). The molecule has 17 heteroatoms. The van der Waals surface area contributed by atoms with E-state index in [1.54, 1.807) is 24.3 Å². The highest BCUT2D eigenvalue weighted by molar-refractivity contribution is 7.90. The van der Waals surface area contributed by atoms with Crippen LogP contribution in [0.25, 0.3) is 16.9 Å². The first-order valence-corrected chi connectivity index (χ1v) is 13.5. The molecule has 2 aromatic carbocycles. The molecule has 13 nitrogen and oxygen atoms in total. The van der Waals surface area contributed by atoms with Gasteiger partial charge in [-0.2, -0.15) is 18.3 Å². The lowest BCUT2D eigenvalue weighted by atomic mass is 10.1. The minimum atomic E-state index is -4.72. The summed E-state index contributed by atoms with van der Waals surface area (Å²) in [6.07, 6.45) is -4.72. The molecule has 42 heavy (non-hydrogen) atoms. The average molecular weight is 613 g/mol. The molecule has 1 aromatic heterocycles. The van der Waals surface area contributed by atoms with E-state index in [4.69, 9.17) is 0 Å². The van der Waals surface area contributed by atoms with E-state index in [-0.39, 0.29) is 21.2 Å². The summed E-state index contributed by atoms with van der Waals surface area (Å²) >= 11 is 0. The third kappa shape index (κ3) is 7.34. The van der Waals surface area contributed by atoms with Crippen LogP contribution >= 0.6 is 0 Å². The summed E-state index contributed by atoms with van der Waals surface area (Å²) in [6.45, 7) is 4.73. The van der Waals surface area contributed by atoms with E-state index in [9.17, 15) is 36.4 Å². The molecule has 1 N–H and O–H groups in total.